The van der Waals surface area contributed by atoms with E-state index in [1.807, 2.05) is 11.8 Å². The highest BCUT2D eigenvalue weighted by molar-refractivity contribution is 8.00. The van der Waals surface area contributed by atoms with Crippen LogP contribution in [0.15, 0.2) is 0 Å². The second-order valence-electron chi connectivity index (χ2n) is 4.09. The number of urea groups is 1. The van der Waals surface area contributed by atoms with Gasteiger partial charge in [0.05, 0.1) is 6.42 Å². The van der Waals surface area contributed by atoms with E-state index in [0.717, 1.165) is 12.2 Å². The zero-order valence-electron chi connectivity index (χ0n) is 10.3. The quantitative estimate of drug-likeness (QED) is 0.796. The Hall–Kier alpha value is -1.24. The number of nitrogens with one attached hydrogen (secondary N) is 1. The molecule has 0 aromatic rings. The zero-order valence-corrected chi connectivity index (χ0v) is 11.2. The van der Waals surface area contributed by atoms with Gasteiger partial charge in [0.1, 0.15) is 0 Å². The monoisotopic (exact) mass is 274 g/mol. The van der Waals surface area contributed by atoms with Crippen molar-refractivity contribution in [3.05, 3.63) is 0 Å². The Morgan fingerprint density at radius 3 is 2.72 bits per heavy atom. The third-order valence-electron chi connectivity index (χ3n) is 2.69. The second kappa shape index (κ2) is 7.25. The molecule has 0 saturated carbocycles. The molecule has 3 amide bonds. The molecule has 6 nitrogen and oxygen atoms in total. The summed E-state index contributed by atoms with van der Waals surface area (Å²) < 4.78 is 0. The van der Waals surface area contributed by atoms with E-state index in [-0.39, 0.29) is 12.8 Å². The zero-order chi connectivity index (χ0) is 13.5. The summed E-state index contributed by atoms with van der Waals surface area (Å²) in [6.07, 6.45) is 0.564. The number of carboxylic acids is 1. The maximum absolute atomic E-state index is 11.8. The number of hydrogen-bond donors (Lipinski definition) is 2. The predicted molar refractivity (Wildman–Crippen MR) is 68.5 cm³/mol. The van der Waals surface area contributed by atoms with E-state index < -0.39 is 17.9 Å². The van der Waals surface area contributed by atoms with Crippen LogP contribution in [0.25, 0.3) is 0 Å². The Labute approximate surface area is 110 Å². The van der Waals surface area contributed by atoms with Crippen LogP contribution in [0.4, 0.5) is 4.79 Å². The summed E-state index contributed by atoms with van der Waals surface area (Å²) >= 11 is 1.83. The minimum atomic E-state index is -1.04. The SMILES string of the molecule is CCC1CN(C(=O)NC(=O)CCC(=O)O)CCS1. The number of rotatable bonds is 4. The molecular formula is C11H18N2O4S. The van der Waals surface area contributed by atoms with Gasteiger partial charge in [-0.2, -0.15) is 11.8 Å². The lowest BCUT2D eigenvalue weighted by Gasteiger charge is -2.31. The van der Waals surface area contributed by atoms with E-state index >= 15 is 0 Å². The normalized spacial score (nSPS) is 19.4. The van der Waals surface area contributed by atoms with Gasteiger partial charge in [-0.3, -0.25) is 14.9 Å². The first-order valence-corrected chi connectivity index (χ1v) is 7.00. The van der Waals surface area contributed by atoms with Crippen molar-refractivity contribution in [3.8, 4) is 0 Å². The molecule has 0 aromatic carbocycles. The number of nitrogens with zero attached hydrogens (tertiary/aromatic N) is 1. The van der Waals surface area contributed by atoms with Crippen LogP contribution in [0.1, 0.15) is 26.2 Å². The van der Waals surface area contributed by atoms with Crippen LogP contribution in [0.2, 0.25) is 0 Å². The Balaban J connectivity index is 2.35. The van der Waals surface area contributed by atoms with Gasteiger partial charge in [0.2, 0.25) is 5.91 Å². The third kappa shape index (κ3) is 4.95. The summed E-state index contributed by atoms with van der Waals surface area (Å²) in [6.45, 7) is 3.33. The van der Waals surface area contributed by atoms with Gasteiger partial charge in [0, 0.05) is 30.5 Å². The Morgan fingerprint density at radius 1 is 1.39 bits per heavy atom. The molecule has 1 unspecified atom stereocenters. The fourth-order valence-electron chi connectivity index (χ4n) is 1.63. The van der Waals surface area contributed by atoms with E-state index in [1.165, 1.54) is 0 Å². The van der Waals surface area contributed by atoms with E-state index in [1.54, 1.807) is 4.90 Å². The standard InChI is InChI=1S/C11H18N2O4S/c1-2-8-7-13(5-6-18-8)11(17)12-9(14)3-4-10(15)16/h8H,2-7H2,1H3,(H,15,16)(H,12,14,17). The van der Waals surface area contributed by atoms with Gasteiger partial charge in [0.15, 0.2) is 0 Å². The molecule has 1 rings (SSSR count). The maximum atomic E-state index is 11.8. The largest absolute Gasteiger partial charge is 0.481 e. The number of thioether (sulfide) groups is 1. The summed E-state index contributed by atoms with van der Waals surface area (Å²) in [5, 5.41) is 11.1. The van der Waals surface area contributed by atoms with E-state index in [4.69, 9.17) is 5.11 Å². The Kier molecular flexibility index (Phi) is 5.97. The number of carbonyl (C=O) groups is 3. The van der Waals surface area contributed by atoms with Crippen molar-refractivity contribution in [1.29, 1.82) is 0 Å². The lowest BCUT2D eigenvalue weighted by atomic mass is 10.3. The van der Waals surface area contributed by atoms with Crippen molar-refractivity contribution >= 4 is 29.7 Å². The molecule has 1 fully saturated rings. The third-order valence-corrected chi connectivity index (χ3v) is 4.07. The molecule has 0 bridgehead atoms. The molecule has 0 radical (unpaired) electrons. The Bertz CT molecular complexity index is 335. The van der Waals surface area contributed by atoms with E-state index in [9.17, 15) is 14.4 Å². The molecule has 1 aliphatic rings. The van der Waals surface area contributed by atoms with Crippen LogP contribution < -0.4 is 5.32 Å². The van der Waals surface area contributed by atoms with Crippen molar-refractivity contribution in [2.45, 2.75) is 31.4 Å². The van der Waals surface area contributed by atoms with Gasteiger partial charge >= 0.3 is 12.0 Å². The summed E-state index contributed by atoms with van der Waals surface area (Å²) in [5.74, 6) is -0.707. The number of aliphatic carboxylic acids is 1. The van der Waals surface area contributed by atoms with Gasteiger partial charge in [0.25, 0.3) is 0 Å². The highest BCUT2D eigenvalue weighted by Gasteiger charge is 2.24. The van der Waals surface area contributed by atoms with Crippen molar-refractivity contribution in [1.82, 2.24) is 10.2 Å². The van der Waals surface area contributed by atoms with Gasteiger partial charge in [-0.25, -0.2) is 4.79 Å². The first kappa shape index (κ1) is 14.8. The van der Waals surface area contributed by atoms with Crippen LogP contribution in [0, 0.1) is 0 Å². The molecule has 7 heteroatoms. The van der Waals surface area contributed by atoms with Crippen LogP contribution >= 0.6 is 11.8 Å². The van der Waals surface area contributed by atoms with E-state index in [2.05, 4.69) is 12.2 Å². The molecule has 1 aliphatic heterocycles. The Morgan fingerprint density at radius 2 is 2.11 bits per heavy atom. The number of imide groups is 1. The van der Waals surface area contributed by atoms with Gasteiger partial charge in [-0.1, -0.05) is 6.92 Å². The fraction of sp³-hybridized carbons (Fsp3) is 0.727. The van der Waals surface area contributed by atoms with Gasteiger partial charge in [-0.15, -0.1) is 0 Å². The number of amides is 3. The molecule has 0 aromatic heterocycles. The van der Waals surface area contributed by atoms with Crippen molar-refractivity contribution < 1.29 is 19.5 Å². The molecular weight excluding hydrogens is 256 g/mol. The van der Waals surface area contributed by atoms with Crippen LogP contribution in [-0.2, 0) is 9.59 Å². The van der Waals surface area contributed by atoms with Crippen LogP contribution in [0.3, 0.4) is 0 Å². The smallest absolute Gasteiger partial charge is 0.324 e. The topological polar surface area (TPSA) is 86.7 Å². The average molecular weight is 274 g/mol. The molecule has 0 aliphatic carbocycles. The maximum Gasteiger partial charge on any atom is 0.324 e. The lowest BCUT2D eigenvalue weighted by molar-refractivity contribution is -0.138. The molecule has 0 spiro atoms. The first-order chi connectivity index (χ1) is 8.52. The minimum Gasteiger partial charge on any atom is -0.481 e. The van der Waals surface area contributed by atoms with Crippen molar-refractivity contribution in [3.63, 3.8) is 0 Å². The number of hydrogen-bond acceptors (Lipinski definition) is 4. The number of carbonyl (C=O) groups excluding carboxylic acids is 2. The van der Waals surface area contributed by atoms with Gasteiger partial charge in [-0.05, 0) is 6.42 Å². The molecule has 1 saturated heterocycles. The summed E-state index contributed by atoms with van der Waals surface area (Å²) in [5.41, 5.74) is 0. The number of carboxylic acid groups (broad SMARTS) is 1. The molecule has 102 valence electrons. The lowest BCUT2D eigenvalue weighted by Crippen LogP contribution is -2.48. The van der Waals surface area contributed by atoms with Gasteiger partial charge < -0.3 is 10.0 Å². The molecule has 18 heavy (non-hydrogen) atoms. The van der Waals surface area contributed by atoms with Crippen LogP contribution in [0.5, 0.6) is 0 Å². The van der Waals surface area contributed by atoms with E-state index in [0.29, 0.717) is 18.3 Å². The predicted octanol–water partition coefficient (Wildman–Crippen LogP) is 0.915. The summed E-state index contributed by atoms with van der Waals surface area (Å²) in [6, 6.07) is -0.413. The second-order valence-corrected chi connectivity index (χ2v) is 5.50. The summed E-state index contributed by atoms with van der Waals surface area (Å²) in [4.78, 5) is 35.0. The van der Waals surface area contributed by atoms with Crippen LogP contribution in [-0.4, -0.2) is 52.0 Å². The highest BCUT2D eigenvalue weighted by Crippen LogP contribution is 2.20. The minimum absolute atomic E-state index is 0.166. The van der Waals surface area contributed by atoms with Crippen molar-refractivity contribution in [2.24, 2.45) is 0 Å². The molecule has 1 heterocycles. The fourth-order valence-corrected chi connectivity index (χ4v) is 2.81. The first-order valence-electron chi connectivity index (χ1n) is 5.95. The highest BCUT2D eigenvalue weighted by atomic mass is 32.2. The molecule has 2 N–H and O–H groups in total. The average Bonchev–Trinajstić information content (AvgIpc) is 2.36. The van der Waals surface area contributed by atoms with Crippen molar-refractivity contribution in [2.75, 3.05) is 18.8 Å². The summed E-state index contributed by atoms with van der Waals surface area (Å²) in [7, 11) is 0. The molecule has 1 atom stereocenters.